The number of fused-ring (bicyclic) bond motifs is 7. The maximum atomic E-state index is 8.67. The molecule has 1 aliphatic heterocycles. The molecule has 0 amide bonds. The minimum atomic E-state index is -2.30. The van der Waals surface area contributed by atoms with Gasteiger partial charge in [-0.2, -0.15) is 4.57 Å². The number of furan rings is 1. The van der Waals surface area contributed by atoms with Crippen molar-refractivity contribution in [2.75, 3.05) is 0 Å². The molecule has 0 atom stereocenters. The second kappa shape index (κ2) is 5.16. The average molecular weight is 348 g/mol. The van der Waals surface area contributed by atoms with E-state index in [2.05, 4.69) is 15.6 Å². The zero-order valence-electron chi connectivity index (χ0n) is 20.1. The molecule has 1 aliphatic rings. The maximum absolute atomic E-state index is 8.67. The first kappa shape index (κ1) is 11.1. The smallest absolute Gasteiger partial charge is 0.227 e. The largest absolute Gasteiger partial charge is 0.437 e. The van der Waals surface area contributed by atoms with Crippen LogP contribution in [0, 0.1) is 12.3 Å². The van der Waals surface area contributed by atoms with E-state index < -0.39 is 18.6 Å². The van der Waals surface area contributed by atoms with Crippen molar-refractivity contribution in [2.24, 2.45) is 5.41 Å². The Balaban J connectivity index is 1.75. The molecule has 26 heavy (non-hydrogen) atoms. The van der Waals surface area contributed by atoms with Crippen LogP contribution in [0.25, 0.3) is 33.3 Å². The molecular formula is C23H23N2O+. The zero-order valence-corrected chi connectivity index (χ0v) is 15.1. The van der Waals surface area contributed by atoms with Crippen LogP contribution in [-0.2, 0) is 12.9 Å². The van der Waals surface area contributed by atoms with Crippen LogP contribution >= 0.6 is 0 Å². The molecule has 0 saturated heterocycles. The van der Waals surface area contributed by atoms with Crippen LogP contribution in [0.1, 0.15) is 44.4 Å². The highest BCUT2D eigenvalue weighted by Crippen LogP contribution is 2.39. The van der Waals surface area contributed by atoms with Crippen molar-refractivity contribution in [3.63, 3.8) is 0 Å². The first-order valence-electron chi connectivity index (χ1n) is 11.3. The number of pyridine rings is 2. The van der Waals surface area contributed by atoms with Gasteiger partial charge < -0.3 is 4.42 Å². The summed E-state index contributed by atoms with van der Waals surface area (Å²) >= 11 is 0. The lowest BCUT2D eigenvalue weighted by Gasteiger charge is -2.17. The summed E-state index contributed by atoms with van der Waals surface area (Å²) < 4.78 is 48.4. The quantitative estimate of drug-likeness (QED) is 0.390. The van der Waals surface area contributed by atoms with Crippen LogP contribution in [0.4, 0.5) is 0 Å². The van der Waals surface area contributed by atoms with Crippen LogP contribution in [-0.4, -0.2) is 4.98 Å². The van der Waals surface area contributed by atoms with Crippen LogP contribution in [0.15, 0.2) is 47.0 Å². The molecule has 3 heteroatoms. The number of hydrogen-bond donors (Lipinski definition) is 0. The Bertz CT molecular complexity index is 1360. The number of rotatable bonds is 1. The van der Waals surface area contributed by atoms with E-state index in [1.54, 1.807) is 6.07 Å². The van der Waals surface area contributed by atoms with E-state index in [0.717, 1.165) is 27.6 Å². The lowest BCUT2D eigenvalue weighted by atomic mass is 9.88. The Morgan fingerprint density at radius 1 is 1.19 bits per heavy atom. The van der Waals surface area contributed by atoms with Crippen LogP contribution in [0.5, 0.6) is 0 Å². The molecule has 0 radical (unpaired) electrons. The minimum Gasteiger partial charge on any atom is -0.437 e. The van der Waals surface area contributed by atoms with Gasteiger partial charge >= 0.3 is 0 Å². The Morgan fingerprint density at radius 3 is 2.85 bits per heavy atom. The molecule has 0 bridgehead atoms. The van der Waals surface area contributed by atoms with E-state index in [1.807, 2.05) is 45.2 Å². The molecule has 0 unspecified atom stereocenters. The Labute approximate surface area is 160 Å². The van der Waals surface area contributed by atoms with Crippen molar-refractivity contribution < 1.29 is 15.8 Å². The van der Waals surface area contributed by atoms with Crippen molar-refractivity contribution in [1.29, 1.82) is 0 Å². The number of nitrogens with zero attached hydrogens (tertiary/aromatic N) is 2. The standard InChI is InChI=1S/C23H23N2O/c1-14-5-7-18-17-8-6-16-13-25-10-9-15(12-23(2,3)4)11-19(25)20(16)21(17)26-22(18)24-14/h5-11H,12-13H2,1-4H3/q+1/i1D3,12D2. The maximum Gasteiger partial charge on any atom is 0.227 e. The third kappa shape index (κ3) is 2.34. The molecule has 0 aliphatic carbocycles. The van der Waals surface area contributed by atoms with Crippen LogP contribution in [0.3, 0.4) is 0 Å². The van der Waals surface area contributed by atoms with E-state index in [0.29, 0.717) is 23.4 Å². The third-order valence-corrected chi connectivity index (χ3v) is 4.75. The first-order chi connectivity index (χ1) is 14.4. The van der Waals surface area contributed by atoms with Crippen molar-refractivity contribution in [2.45, 2.75) is 40.5 Å². The van der Waals surface area contributed by atoms with Gasteiger partial charge in [0, 0.05) is 41.0 Å². The van der Waals surface area contributed by atoms with Gasteiger partial charge in [0.1, 0.15) is 0 Å². The van der Waals surface area contributed by atoms with Gasteiger partial charge in [0.05, 0.1) is 5.56 Å². The number of aryl methyl sites for hydroxylation is 1. The van der Waals surface area contributed by atoms with Gasteiger partial charge in [-0.3, -0.25) is 0 Å². The summed E-state index contributed by atoms with van der Waals surface area (Å²) in [5.74, 6) is 0. The van der Waals surface area contributed by atoms with Gasteiger partial charge in [0.15, 0.2) is 18.3 Å². The minimum absolute atomic E-state index is 0.00568. The third-order valence-electron chi connectivity index (χ3n) is 4.75. The predicted octanol–water partition coefficient (Wildman–Crippen LogP) is 5.19. The van der Waals surface area contributed by atoms with Gasteiger partial charge in [-0.15, -0.1) is 0 Å². The molecule has 1 aromatic carbocycles. The number of hydrogen-bond acceptors (Lipinski definition) is 2. The normalized spacial score (nSPS) is 17.3. The summed E-state index contributed by atoms with van der Waals surface area (Å²) in [5, 5.41) is 1.64. The summed E-state index contributed by atoms with van der Waals surface area (Å²) in [6, 6.07) is 11.1. The highest BCUT2D eigenvalue weighted by molar-refractivity contribution is 6.09. The first-order valence-corrected chi connectivity index (χ1v) is 8.78. The predicted molar refractivity (Wildman–Crippen MR) is 104 cm³/mol. The van der Waals surface area contributed by atoms with Gasteiger partial charge in [-0.05, 0) is 42.4 Å². The molecule has 130 valence electrons. The highest BCUT2D eigenvalue weighted by atomic mass is 16.3. The SMILES string of the molecule is [2H]C([2H])([2H])c1ccc2c(n1)oc1c3c(ccc12)C[n+]1ccc(C([2H])([2H])C(C)(C)C)cc1-3. The lowest BCUT2D eigenvalue weighted by molar-refractivity contribution is -0.672. The Hall–Kier alpha value is -2.68. The molecule has 0 fully saturated rings. The van der Waals surface area contributed by atoms with Gasteiger partial charge in [0.25, 0.3) is 0 Å². The van der Waals surface area contributed by atoms with Crippen molar-refractivity contribution in [3.8, 4) is 11.3 Å². The van der Waals surface area contributed by atoms with E-state index in [-0.39, 0.29) is 5.69 Å². The lowest BCUT2D eigenvalue weighted by Crippen LogP contribution is -2.32. The molecule has 3 nitrogen and oxygen atoms in total. The molecule has 0 spiro atoms. The van der Waals surface area contributed by atoms with Gasteiger partial charge in [-0.25, -0.2) is 4.98 Å². The van der Waals surface area contributed by atoms with Gasteiger partial charge in [-0.1, -0.05) is 26.8 Å². The highest BCUT2D eigenvalue weighted by Gasteiger charge is 2.31. The van der Waals surface area contributed by atoms with E-state index >= 15 is 0 Å². The topological polar surface area (TPSA) is 29.9 Å². The molecule has 0 saturated carbocycles. The molecule has 4 aromatic rings. The number of aromatic nitrogens is 2. The number of benzene rings is 1. The Morgan fingerprint density at radius 2 is 2.04 bits per heavy atom. The van der Waals surface area contributed by atoms with E-state index in [4.69, 9.17) is 11.3 Å². The molecule has 4 heterocycles. The summed E-state index contributed by atoms with van der Waals surface area (Å²) in [6.07, 6.45) is 0.414. The summed E-state index contributed by atoms with van der Waals surface area (Å²) in [4.78, 5) is 4.26. The van der Waals surface area contributed by atoms with Gasteiger partial charge in [0.2, 0.25) is 11.4 Å². The molecular weight excluding hydrogens is 320 g/mol. The fourth-order valence-electron chi connectivity index (χ4n) is 3.75. The van der Waals surface area contributed by atoms with Crippen molar-refractivity contribution in [3.05, 3.63) is 59.4 Å². The molecule has 5 rings (SSSR count). The van der Waals surface area contributed by atoms with E-state index in [9.17, 15) is 0 Å². The summed E-state index contributed by atoms with van der Waals surface area (Å²) in [6.45, 7) is 4.06. The van der Waals surface area contributed by atoms with Crippen LogP contribution in [0.2, 0.25) is 0 Å². The van der Waals surface area contributed by atoms with E-state index in [1.165, 1.54) is 6.07 Å². The fraction of sp³-hybridized carbons (Fsp3) is 0.304. The monoisotopic (exact) mass is 348 g/mol. The summed E-state index contributed by atoms with van der Waals surface area (Å²) in [7, 11) is 0. The van der Waals surface area contributed by atoms with Crippen molar-refractivity contribution in [1.82, 2.24) is 4.98 Å². The molecule has 3 aromatic heterocycles. The fourth-order valence-corrected chi connectivity index (χ4v) is 3.75. The Kier molecular flexibility index (Phi) is 2.21. The zero-order chi connectivity index (χ0) is 22.3. The average Bonchev–Trinajstić information content (AvgIpc) is 3.22. The second-order valence-corrected chi connectivity index (χ2v) is 7.93. The second-order valence-electron chi connectivity index (χ2n) is 7.93. The summed E-state index contributed by atoms with van der Waals surface area (Å²) in [5.41, 5.74) is 3.91. The van der Waals surface area contributed by atoms with Crippen molar-refractivity contribution >= 4 is 22.1 Å². The molecule has 0 N–H and O–H groups in total. The van der Waals surface area contributed by atoms with Crippen LogP contribution < -0.4 is 4.57 Å².